The van der Waals surface area contributed by atoms with Gasteiger partial charge in [0.1, 0.15) is 5.76 Å². The van der Waals surface area contributed by atoms with Crippen molar-refractivity contribution in [2.75, 3.05) is 19.4 Å². The van der Waals surface area contributed by atoms with Crippen LogP contribution in [0.1, 0.15) is 6.42 Å². The lowest BCUT2D eigenvalue weighted by Gasteiger charge is -2.30. The average molecular weight is 305 g/mol. The third-order valence-corrected chi connectivity index (χ3v) is 4.54. The number of hydrogen-bond acceptors (Lipinski definition) is 5. The largest absolute Gasteiger partial charge is 0.472 e. The van der Waals surface area contributed by atoms with Crippen molar-refractivity contribution in [1.29, 1.82) is 0 Å². The molecule has 2 saturated heterocycles. The van der Waals surface area contributed by atoms with Crippen LogP contribution in [-0.2, 0) is 19.1 Å². The number of thioether (sulfide) groups is 1. The van der Waals surface area contributed by atoms with E-state index in [1.807, 2.05) is 30.3 Å². The Balaban J connectivity index is 1.75. The SMILES string of the molecule is COC(=O)C(CSc1ccccc1)=C1CN2C(=O)CC2O1. The molecule has 0 aliphatic carbocycles. The van der Waals surface area contributed by atoms with Crippen LogP contribution in [0.3, 0.4) is 0 Å². The maximum Gasteiger partial charge on any atom is 0.338 e. The van der Waals surface area contributed by atoms with E-state index in [2.05, 4.69) is 0 Å². The van der Waals surface area contributed by atoms with Gasteiger partial charge >= 0.3 is 5.97 Å². The highest BCUT2D eigenvalue weighted by Gasteiger charge is 2.45. The van der Waals surface area contributed by atoms with Crippen molar-refractivity contribution in [2.45, 2.75) is 17.5 Å². The van der Waals surface area contributed by atoms with Gasteiger partial charge in [-0.15, -0.1) is 11.8 Å². The van der Waals surface area contributed by atoms with Crippen molar-refractivity contribution in [3.05, 3.63) is 41.7 Å². The molecule has 1 amide bonds. The van der Waals surface area contributed by atoms with Gasteiger partial charge in [0.2, 0.25) is 5.91 Å². The van der Waals surface area contributed by atoms with Crippen LogP contribution in [0.25, 0.3) is 0 Å². The summed E-state index contributed by atoms with van der Waals surface area (Å²) in [7, 11) is 1.35. The van der Waals surface area contributed by atoms with Crippen molar-refractivity contribution in [3.8, 4) is 0 Å². The van der Waals surface area contributed by atoms with Gasteiger partial charge in [-0.3, -0.25) is 9.69 Å². The highest BCUT2D eigenvalue weighted by atomic mass is 32.2. The number of rotatable bonds is 4. The molecule has 110 valence electrons. The van der Waals surface area contributed by atoms with E-state index >= 15 is 0 Å². The van der Waals surface area contributed by atoms with E-state index in [-0.39, 0.29) is 12.1 Å². The number of carbonyl (C=O) groups is 2. The van der Waals surface area contributed by atoms with Crippen LogP contribution in [0.2, 0.25) is 0 Å². The molecule has 21 heavy (non-hydrogen) atoms. The molecule has 2 heterocycles. The van der Waals surface area contributed by atoms with E-state index < -0.39 is 5.97 Å². The number of carbonyl (C=O) groups excluding carboxylic acids is 2. The van der Waals surface area contributed by atoms with Gasteiger partial charge in [-0.05, 0) is 12.1 Å². The zero-order chi connectivity index (χ0) is 14.8. The molecular weight excluding hydrogens is 290 g/mol. The van der Waals surface area contributed by atoms with E-state index in [0.717, 1.165) is 4.90 Å². The number of ether oxygens (including phenoxy) is 2. The Morgan fingerprint density at radius 2 is 2.19 bits per heavy atom. The van der Waals surface area contributed by atoms with Crippen LogP contribution in [-0.4, -0.2) is 42.4 Å². The van der Waals surface area contributed by atoms with Crippen LogP contribution >= 0.6 is 11.8 Å². The topological polar surface area (TPSA) is 55.8 Å². The fourth-order valence-electron chi connectivity index (χ4n) is 2.29. The van der Waals surface area contributed by atoms with Crippen molar-refractivity contribution in [2.24, 2.45) is 0 Å². The van der Waals surface area contributed by atoms with Gasteiger partial charge in [0, 0.05) is 10.6 Å². The first-order valence-electron chi connectivity index (χ1n) is 6.63. The maximum atomic E-state index is 12.0. The van der Waals surface area contributed by atoms with E-state index in [9.17, 15) is 9.59 Å². The second-order valence-corrected chi connectivity index (χ2v) is 5.84. The lowest BCUT2D eigenvalue weighted by Crippen LogP contribution is -2.48. The molecule has 1 aromatic rings. The average Bonchev–Trinajstić information content (AvgIpc) is 2.85. The fourth-order valence-corrected chi connectivity index (χ4v) is 3.23. The lowest BCUT2D eigenvalue weighted by molar-refractivity contribution is -0.154. The first-order valence-corrected chi connectivity index (χ1v) is 7.62. The molecule has 6 heteroatoms. The third kappa shape index (κ3) is 2.76. The highest BCUT2D eigenvalue weighted by Crippen LogP contribution is 2.33. The Morgan fingerprint density at radius 1 is 1.43 bits per heavy atom. The van der Waals surface area contributed by atoms with Crippen molar-refractivity contribution >= 4 is 23.6 Å². The van der Waals surface area contributed by atoms with Crippen molar-refractivity contribution in [1.82, 2.24) is 4.90 Å². The quantitative estimate of drug-likeness (QED) is 0.367. The second kappa shape index (κ2) is 5.81. The Hall–Kier alpha value is -1.95. The van der Waals surface area contributed by atoms with E-state index in [1.165, 1.54) is 7.11 Å². The summed E-state index contributed by atoms with van der Waals surface area (Å²) in [5, 5.41) is 0. The molecule has 3 rings (SSSR count). The summed E-state index contributed by atoms with van der Waals surface area (Å²) in [5.41, 5.74) is 0.494. The minimum Gasteiger partial charge on any atom is -0.472 e. The number of methoxy groups -OCH3 is 1. The monoisotopic (exact) mass is 305 g/mol. The van der Waals surface area contributed by atoms with Crippen LogP contribution < -0.4 is 0 Å². The number of esters is 1. The number of fused-ring (bicyclic) bond motifs is 1. The smallest absolute Gasteiger partial charge is 0.338 e. The summed E-state index contributed by atoms with van der Waals surface area (Å²) >= 11 is 1.54. The highest BCUT2D eigenvalue weighted by molar-refractivity contribution is 7.99. The normalized spacial score (nSPS) is 22.2. The van der Waals surface area contributed by atoms with Gasteiger partial charge in [-0.25, -0.2) is 4.79 Å². The molecule has 0 radical (unpaired) electrons. The second-order valence-electron chi connectivity index (χ2n) is 4.79. The third-order valence-electron chi connectivity index (χ3n) is 3.50. The predicted molar refractivity (Wildman–Crippen MR) is 77.4 cm³/mol. The Bertz CT molecular complexity index is 599. The Kier molecular flexibility index (Phi) is 3.88. The molecule has 5 nitrogen and oxygen atoms in total. The summed E-state index contributed by atoms with van der Waals surface area (Å²) in [6.07, 6.45) is 0.193. The van der Waals surface area contributed by atoms with Crippen LogP contribution in [0.4, 0.5) is 0 Å². The molecule has 0 bridgehead atoms. The van der Waals surface area contributed by atoms with Crippen LogP contribution in [0.5, 0.6) is 0 Å². The molecule has 1 atom stereocenters. The molecular formula is C15H15NO4S. The number of β-lactam (4-membered cyclic amide) rings is 1. The Labute approximate surface area is 126 Å². The van der Waals surface area contributed by atoms with Gasteiger partial charge < -0.3 is 9.47 Å². The first kappa shape index (κ1) is 14.0. The van der Waals surface area contributed by atoms with Crippen LogP contribution in [0, 0.1) is 0 Å². The van der Waals surface area contributed by atoms with Crippen LogP contribution in [0.15, 0.2) is 46.6 Å². The standard InChI is InChI=1S/C15H15NO4S/c1-19-15(18)11(9-21-10-5-3-2-4-6-10)12-8-16-13(17)7-14(16)20-12/h2-6,14H,7-9H2,1H3. The number of hydrogen-bond donors (Lipinski definition) is 0. The molecule has 0 aromatic heterocycles. The Morgan fingerprint density at radius 3 is 2.81 bits per heavy atom. The maximum absolute atomic E-state index is 12.0. The molecule has 0 spiro atoms. The first-order chi connectivity index (χ1) is 10.2. The lowest BCUT2D eigenvalue weighted by atomic mass is 10.2. The van der Waals surface area contributed by atoms with E-state index in [1.54, 1.807) is 16.7 Å². The molecule has 0 N–H and O–H groups in total. The zero-order valence-corrected chi connectivity index (χ0v) is 12.4. The number of benzene rings is 1. The van der Waals surface area contributed by atoms with Crippen molar-refractivity contribution < 1.29 is 19.1 Å². The van der Waals surface area contributed by atoms with Crippen molar-refractivity contribution in [3.63, 3.8) is 0 Å². The number of amides is 1. The van der Waals surface area contributed by atoms with Gasteiger partial charge in [-0.1, -0.05) is 18.2 Å². The number of nitrogens with zero attached hydrogens (tertiary/aromatic N) is 1. The summed E-state index contributed by atoms with van der Waals surface area (Å²) in [6.45, 7) is 0.364. The van der Waals surface area contributed by atoms with Gasteiger partial charge in [0.15, 0.2) is 6.23 Å². The van der Waals surface area contributed by atoms with Gasteiger partial charge in [0.25, 0.3) is 0 Å². The molecule has 2 aliphatic rings. The minimum absolute atomic E-state index is 0.0647. The predicted octanol–water partition coefficient (Wildman–Crippen LogP) is 1.79. The fraction of sp³-hybridized carbons (Fsp3) is 0.333. The zero-order valence-electron chi connectivity index (χ0n) is 11.6. The van der Waals surface area contributed by atoms with E-state index in [0.29, 0.717) is 30.1 Å². The summed E-state index contributed by atoms with van der Waals surface area (Å²) < 4.78 is 10.5. The molecule has 2 aliphatic heterocycles. The van der Waals surface area contributed by atoms with Gasteiger partial charge in [-0.2, -0.15) is 0 Å². The molecule has 0 saturated carbocycles. The summed E-state index contributed by atoms with van der Waals surface area (Å²) in [5.74, 6) is 0.681. The molecule has 1 aromatic carbocycles. The summed E-state index contributed by atoms with van der Waals surface area (Å²) in [6, 6.07) is 9.81. The summed E-state index contributed by atoms with van der Waals surface area (Å²) in [4.78, 5) is 26.1. The minimum atomic E-state index is -0.400. The van der Waals surface area contributed by atoms with E-state index in [4.69, 9.17) is 9.47 Å². The van der Waals surface area contributed by atoms with Gasteiger partial charge in [0.05, 0.1) is 25.6 Å². The molecule has 1 unspecified atom stereocenters. The molecule has 2 fully saturated rings.